The molecule has 1 amide bonds. The van der Waals surface area contributed by atoms with E-state index in [2.05, 4.69) is 38.4 Å². The molecule has 0 fully saturated rings. The fourth-order valence-corrected chi connectivity index (χ4v) is 2.62. The van der Waals surface area contributed by atoms with E-state index in [0.29, 0.717) is 11.3 Å². The predicted molar refractivity (Wildman–Crippen MR) is 103 cm³/mol. The van der Waals surface area contributed by atoms with Gasteiger partial charge < -0.3 is 15.2 Å². The molecule has 0 bridgehead atoms. The number of carbonyl (C=O) groups excluding carboxylic acids is 1. The molecule has 2 aromatic rings. The second-order valence-corrected chi connectivity index (χ2v) is 6.28. The maximum absolute atomic E-state index is 11.8. The molecule has 2 rings (SSSR count). The highest BCUT2D eigenvalue weighted by atomic mass is 127. The van der Waals surface area contributed by atoms with Crippen LogP contribution in [0.5, 0.6) is 11.5 Å². The van der Waals surface area contributed by atoms with E-state index in [0.717, 1.165) is 14.8 Å². The molecule has 0 radical (unpaired) electrons. The number of ether oxygens (including phenoxy) is 1. The monoisotopic (exact) mass is 439 g/mol. The van der Waals surface area contributed by atoms with Crippen molar-refractivity contribution in [1.82, 2.24) is 5.43 Å². The SMILES string of the molecule is COc1ccc(O)c(/C=N/NC(=O)CNc2ccc(I)cc2C)c1. The maximum atomic E-state index is 11.8. The number of halogens is 1. The van der Waals surface area contributed by atoms with Crippen molar-refractivity contribution in [2.45, 2.75) is 6.92 Å². The lowest BCUT2D eigenvalue weighted by molar-refractivity contribution is -0.119. The van der Waals surface area contributed by atoms with Crippen LogP contribution in [-0.4, -0.2) is 30.9 Å². The lowest BCUT2D eigenvalue weighted by Gasteiger charge is -2.08. The Bertz CT molecular complexity index is 763. The lowest BCUT2D eigenvalue weighted by atomic mass is 10.2. The van der Waals surface area contributed by atoms with Crippen LogP contribution >= 0.6 is 22.6 Å². The number of hydrogen-bond donors (Lipinski definition) is 3. The zero-order chi connectivity index (χ0) is 17.5. The predicted octanol–water partition coefficient (Wildman–Crippen LogP) is 2.88. The van der Waals surface area contributed by atoms with Crippen LogP contribution in [0.3, 0.4) is 0 Å². The minimum Gasteiger partial charge on any atom is -0.507 e. The Labute approximate surface area is 154 Å². The van der Waals surface area contributed by atoms with E-state index in [9.17, 15) is 9.90 Å². The van der Waals surface area contributed by atoms with Crippen LogP contribution in [0.15, 0.2) is 41.5 Å². The molecule has 0 aromatic heterocycles. The molecule has 126 valence electrons. The third kappa shape index (κ3) is 5.12. The van der Waals surface area contributed by atoms with E-state index in [4.69, 9.17) is 4.74 Å². The van der Waals surface area contributed by atoms with Crippen molar-refractivity contribution in [3.05, 3.63) is 51.1 Å². The molecule has 0 spiro atoms. The molecule has 0 unspecified atom stereocenters. The second kappa shape index (κ2) is 8.53. The fraction of sp³-hybridized carbons (Fsp3) is 0.176. The molecule has 0 aliphatic rings. The quantitative estimate of drug-likeness (QED) is 0.367. The zero-order valence-electron chi connectivity index (χ0n) is 13.3. The van der Waals surface area contributed by atoms with Gasteiger partial charge in [0.25, 0.3) is 5.91 Å². The molecule has 2 aromatic carbocycles. The Morgan fingerprint density at radius 3 is 2.83 bits per heavy atom. The van der Waals surface area contributed by atoms with E-state index >= 15 is 0 Å². The smallest absolute Gasteiger partial charge is 0.259 e. The summed E-state index contributed by atoms with van der Waals surface area (Å²) < 4.78 is 6.22. The van der Waals surface area contributed by atoms with Crippen LogP contribution < -0.4 is 15.5 Å². The van der Waals surface area contributed by atoms with E-state index in [-0.39, 0.29) is 18.2 Å². The van der Waals surface area contributed by atoms with Gasteiger partial charge in [0.2, 0.25) is 0 Å². The van der Waals surface area contributed by atoms with E-state index in [1.807, 2.05) is 25.1 Å². The first kappa shape index (κ1) is 18.1. The van der Waals surface area contributed by atoms with Crippen molar-refractivity contribution < 1.29 is 14.6 Å². The van der Waals surface area contributed by atoms with Crippen LogP contribution in [0, 0.1) is 10.5 Å². The average molecular weight is 439 g/mol. The normalized spacial score (nSPS) is 10.6. The summed E-state index contributed by atoms with van der Waals surface area (Å²) in [4.78, 5) is 11.8. The van der Waals surface area contributed by atoms with E-state index in [1.54, 1.807) is 12.1 Å². The van der Waals surface area contributed by atoms with Crippen LogP contribution in [0.25, 0.3) is 0 Å². The number of benzene rings is 2. The first-order valence-electron chi connectivity index (χ1n) is 7.18. The molecule has 0 aliphatic carbocycles. The van der Waals surface area contributed by atoms with Gasteiger partial charge in [-0.3, -0.25) is 4.79 Å². The number of carbonyl (C=O) groups is 1. The molecule has 24 heavy (non-hydrogen) atoms. The Morgan fingerprint density at radius 1 is 1.33 bits per heavy atom. The van der Waals surface area contributed by atoms with Gasteiger partial charge in [0.05, 0.1) is 19.9 Å². The van der Waals surface area contributed by atoms with Crippen molar-refractivity contribution >= 4 is 40.4 Å². The number of phenolic OH excluding ortho intramolecular Hbond substituents is 1. The number of anilines is 1. The summed E-state index contributed by atoms with van der Waals surface area (Å²) in [6.07, 6.45) is 1.37. The number of phenols is 1. The highest BCUT2D eigenvalue weighted by Gasteiger charge is 2.03. The molecule has 0 atom stereocenters. The Morgan fingerprint density at radius 2 is 2.12 bits per heavy atom. The molecule has 0 aliphatic heterocycles. The third-order valence-corrected chi connectivity index (χ3v) is 3.93. The van der Waals surface area contributed by atoms with Crippen molar-refractivity contribution in [2.24, 2.45) is 5.10 Å². The number of nitrogens with zero attached hydrogens (tertiary/aromatic N) is 1. The van der Waals surface area contributed by atoms with E-state index < -0.39 is 0 Å². The van der Waals surface area contributed by atoms with Gasteiger partial charge in [-0.05, 0) is 71.5 Å². The molecular weight excluding hydrogens is 421 g/mol. The number of amides is 1. The van der Waals surface area contributed by atoms with Crippen molar-refractivity contribution in [1.29, 1.82) is 0 Å². The van der Waals surface area contributed by atoms with Gasteiger partial charge in [0, 0.05) is 14.8 Å². The Balaban J connectivity index is 1.89. The zero-order valence-corrected chi connectivity index (χ0v) is 15.5. The first-order chi connectivity index (χ1) is 11.5. The fourth-order valence-electron chi connectivity index (χ4n) is 1.98. The number of aryl methyl sites for hydroxylation is 1. The number of hydrogen-bond acceptors (Lipinski definition) is 5. The summed E-state index contributed by atoms with van der Waals surface area (Å²) in [6.45, 7) is 2.08. The highest BCUT2D eigenvalue weighted by Crippen LogP contribution is 2.21. The summed E-state index contributed by atoms with van der Waals surface area (Å²) in [5, 5.41) is 16.6. The summed E-state index contributed by atoms with van der Waals surface area (Å²) >= 11 is 2.24. The number of aromatic hydroxyl groups is 1. The highest BCUT2D eigenvalue weighted by molar-refractivity contribution is 14.1. The molecule has 6 nitrogen and oxygen atoms in total. The molecule has 0 heterocycles. The van der Waals surface area contributed by atoms with Crippen LogP contribution in [0.4, 0.5) is 5.69 Å². The molecular formula is C17H18IN3O3. The average Bonchev–Trinajstić information content (AvgIpc) is 2.55. The van der Waals surface area contributed by atoms with Crippen molar-refractivity contribution in [3.8, 4) is 11.5 Å². The van der Waals surface area contributed by atoms with Crippen LogP contribution in [0.1, 0.15) is 11.1 Å². The largest absolute Gasteiger partial charge is 0.507 e. The minimum absolute atomic E-state index is 0.0569. The molecule has 7 heteroatoms. The maximum Gasteiger partial charge on any atom is 0.259 e. The van der Waals surface area contributed by atoms with Gasteiger partial charge in [-0.1, -0.05) is 0 Å². The third-order valence-electron chi connectivity index (χ3n) is 3.26. The summed E-state index contributed by atoms with van der Waals surface area (Å²) in [6, 6.07) is 10.7. The van der Waals surface area contributed by atoms with Crippen LogP contribution in [-0.2, 0) is 4.79 Å². The second-order valence-electron chi connectivity index (χ2n) is 5.03. The minimum atomic E-state index is -0.286. The summed E-state index contributed by atoms with van der Waals surface area (Å²) in [7, 11) is 1.54. The molecule has 0 saturated heterocycles. The Kier molecular flexibility index (Phi) is 6.42. The summed E-state index contributed by atoms with van der Waals surface area (Å²) in [5.74, 6) is 0.365. The van der Waals surface area contributed by atoms with Gasteiger partial charge in [-0.2, -0.15) is 5.10 Å². The van der Waals surface area contributed by atoms with Gasteiger partial charge in [0.1, 0.15) is 11.5 Å². The van der Waals surface area contributed by atoms with Crippen LogP contribution in [0.2, 0.25) is 0 Å². The van der Waals surface area contributed by atoms with Gasteiger partial charge >= 0.3 is 0 Å². The van der Waals surface area contributed by atoms with Crippen molar-refractivity contribution in [2.75, 3.05) is 19.0 Å². The Hall–Kier alpha value is -2.29. The van der Waals surface area contributed by atoms with E-state index in [1.165, 1.54) is 19.4 Å². The van der Waals surface area contributed by atoms with Gasteiger partial charge in [0.15, 0.2) is 0 Å². The molecule has 0 saturated carbocycles. The number of nitrogens with one attached hydrogen (secondary N) is 2. The number of methoxy groups -OCH3 is 1. The lowest BCUT2D eigenvalue weighted by Crippen LogP contribution is -2.26. The summed E-state index contributed by atoms with van der Waals surface area (Å²) in [5.41, 5.74) is 4.84. The standard InChI is InChI=1S/C17H18IN3O3/c1-11-7-13(18)3-5-15(11)19-10-17(23)21-20-9-12-8-14(24-2)4-6-16(12)22/h3-9,19,22H,10H2,1-2H3,(H,21,23)/b20-9+. The van der Waals surface area contributed by atoms with Crippen molar-refractivity contribution in [3.63, 3.8) is 0 Å². The van der Waals surface area contributed by atoms with Gasteiger partial charge in [-0.15, -0.1) is 0 Å². The molecule has 3 N–H and O–H groups in total. The topological polar surface area (TPSA) is 83.0 Å². The first-order valence-corrected chi connectivity index (χ1v) is 8.26. The number of rotatable bonds is 6. The number of hydrazone groups is 1. The van der Waals surface area contributed by atoms with Gasteiger partial charge in [-0.25, -0.2) is 5.43 Å².